The summed E-state index contributed by atoms with van der Waals surface area (Å²) < 4.78 is 0. The number of rotatable bonds is 6. The molecule has 1 unspecified atom stereocenters. The van der Waals surface area contributed by atoms with Crippen molar-refractivity contribution >= 4 is 17.7 Å². The number of nitrogens with one attached hydrogen (secondary N) is 1. The number of aliphatic carboxylic acids is 1. The summed E-state index contributed by atoms with van der Waals surface area (Å²) in [7, 11) is 0. The number of hydrogen-bond donors (Lipinski definition) is 2. The third-order valence-corrected chi connectivity index (χ3v) is 4.33. The van der Waals surface area contributed by atoms with Crippen LogP contribution < -0.4 is 5.32 Å². The molecule has 0 amide bonds. The van der Waals surface area contributed by atoms with Crippen molar-refractivity contribution in [3.05, 3.63) is 65.7 Å². The van der Waals surface area contributed by atoms with E-state index in [1.165, 1.54) is 0 Å². The average Bonchev–Trinajstić information content (AvgIpc) is 2.53. The van der Waals surface area contributed by atoms with Gasteiger partial charge in [-0.25, -0.2) is 4.79 Å². The van der Waals surface area contributed by atoms with Crippen LogP contribution in [0.25, 0.3) is 0 Å². The number of hydrogen-bond acceptors (Lipinski definition) is 3. The molecule has 0 heterocycles. The lowest BCUT2D eigenvalue weighted by molar-refractivity contribution is -0.144. The summed E-state index contributed by atoms with van der Waals surface area (Å²) in [5, 5.41) is 12.8. The molecule has 0 aliphatic heterocycles. The largest absolute Gasteiger partial charge is 0.480 e. The Hall–Kier alpha value is -1.78. The smallest absolute Gasteiger partial charge is 0.328 e. The van der Waals surface area contributed by atoms with Crippen LogP contribution in [0.1, 0.15) is 18.1 Å². The molecule has 2 N–H and O–H groups in total. The molecular formula is C17H19NO2S. The standard InChI is InChI=1S/C17H19NO2S/c1-17(16(19)20,14-8-10-15(21-2)11-9-14)18-12-13-6-4-3-5-7-13/h3-11,18H,12H2,1-2H3,(H,19,20). The molecule has 1 atom stereocenters. The number of carboxylic acids is 1. The lowest BCUT2D eigenvalue weighted by Crippen LogP contribution is -2.46. The number of benzene rings is 2. The quantitative estimate of drug-likeness (QED) is 0.802. The van der Waals surface area contributed by atoms with Crippen molar-refractivity contribution in [2.75, 3.05) is 6.26 Å². The first-order valence-electron chi connectivity index (χ1n) is 6.73. The normalized spacial score (nSPS) is 13.6. The Morgan fingerprint density at radius 3 is 2.29 bits per heavy atom. The van der Waals surface area contributed by atoms with E-state index in [2.05, 4.69) is 5.32 Å². The maximum absolute atomic E-state index is 11.7. The van der Waals surface area contributed by atoms with E-state index in [9.17, 15) is 9.90 Å². The summed E-state index contributed by atoms with van der Waals surface area (Å²) >= 11 is 1.64. The minimum Gasteiger partial charge on any atom is -0.480 e. The van der Waals surface area contributed by atoms with E-state index in [4.69, 9.17) is 0 Å². The number of carboxylic acid groups (broad SMARTS) is 1. The fraction of sp³-hybridized carbons (Fsp3) is 0.235. The molecule has 0 saturated carbocycles. The van der Waals surface area contributed by atoms with Gasteiger partial charge in [-0.15, -0.1) is 11.8 Å². The maximum atomic E-state index is 11.7. The summed E-state index contributed by atoms with van der Waals surface area (Å²) in [5.74, 6) is -0.879. The van der Waals surface area contributed by atoms with Crippen LogP contribution >= 0.6 is 11.8 Å². The third kappa shape index (κ3) is 3.65. The van der Waals surface area contributed by atoms with Crippen LogP contribution in [0.3, 0.4) is 0 Å². The maximum Gasteiger partial charge on any atom is 0.328 e. The second-order valence-electron chi connectivity index (χ2n) is 5.00. The predicted molar refractivity (Wildman–Crippen MR) is 86.5 cm³/mol. The Labute approximate surface area is 129 Å². The minimum atomic E-state index is -1.10. The third-order valence-electron chi connectivity index (χ3n) is 3.58. The van der Waals surface area contributed by atoms with Crippen molar-refractivity contribution in [3.63, 3.8) is 0 Å². The van der Waals surface area contributed by atoms with Gasteiger partial charge in [0, 0.05) is 11.4 Å². The molecule has 0 bridgehead atoms. The molecule has 0 aliphatic carbocycles. The lowest BCUT2D eigenvalue weighted by Gasteiger charge is -2.27. The molecule has 0 saturated heterocycles. The van der Waals surface area contributed by atoms with E-state index in [-0.39, 0.29) is 0 Å². The summed E-state index contributed by atoms with van der Waals surface area (Å²) in [6, 6.07) is 17.4. The first-order valence-corrected chi connectivity index (χ1v) is 7.95. The van der Waals surface area contributed by atoms with Crippen molar-refractivity contribution in [2.45, 2.75) is 23.9 Å². The molecule has 3 nitrogen and oxygen atoms in total. The average molecular weight is 301 g/mol. The van der Waals surface area contributed by atoms with Gasteiger partial charge in [0.05, 0.1) is 0 Å². The highest BCUT2D eigenvalue weighted by Crippen LogP contribution is 2.24. The van der Waals surface area contributed by atoms with Crippen LogP contribution in [0.4, 0.5) is 0 Å². The Kier molecular flexibility index (Phi) is 5.04. The Balaban J connectivity index is 2.21. The summed E-state index contributed by atoms with van der Waals surface area (Å²) in [4.78, 5) is 12.8. The van der Waals surface area contributed by atoms with Crippen molar-refractivity contribution in [2.24, 2.45) is 0 Å². The van der Waals surface area contributed by atoms with E-state index < -0.39 is 11.5 Å². The number of thioether (sulfide) groups is 1. The van der Waals surface area contributed by atoms with Gasteiger partial charge in [-0.2, -0.15) is 0 Å². The second kappa shape index (κ2) is 6.78. The van der Waals surface area contributed by atoms with Gasteiger partial charge in [0.15, 0.2) is 0 Å². The van der Waals surface area contributed by atoms with Gasteiger partial charge in [-0.05, 0) is 36.4 Å². The zero-order chi connectivity index (χ0) is 15.3. The molecule has 4 heteroatoms. The fourth-order valence-corrected chi connectivity index (χ4v) is 2.51. The van der Waals surface area contributed by atoms with Crippen molar-refractivity contribution < 1.29 is 9.90 Å². The van der Waals surface area contributed by atoms with Crippen LogP contribution in [0.15, 0.2) is 59.5 Å². The van der Waals surface area contributed by atoms with Gasteiger partial charge in [0.25, 0.3) is 0 Å². The first-order chi connectivity index (χ1) is 10.1. The summed E-state index contributed by atoms with van der Waals surface area (Å²) in [5.41, 5.74) is 0.710. The molecule has 0 radical (unpaired) electrons. The fourth-order valence-electron chi connectivity index (χ4n) is 2.10. The van der Waals surface area contributed by atoms with E-state index in [0.717, 1.165) is 16.0 Å². The van der Waals surface area contributed by atoms with Crippen molar-refractivity contribution in [3.8, 4) is 0 Å². The summed E-state index contributed by atoms with van der Waals surface area (Å²) in [6.07, 6.45) is 2.00. The lowest BCUT2D eigenvalue weighted by atomic mass is 9.92. The van der Waals surface area contributed by atoms with E-state index >= 15 is 0 Å². The SMILES string of the molecule is CSc1ccc(C(C)(NCc2ccccc2)C(=O)O)cc1. The molecule has 2 aromatic carbocycles. The Bertz CT molecular complexity index is 598. The van der Waals surface area contributed by atoms with E-state index in [0.29, 0.717) is 6.54 Å². The highest BCUT2D eigenvalue weighted by molar-refractivity contribution is 7.98. The Morgan fingerprint density at radius 1 is 1.14 bits per heavy atom. The van der Waals surface area contributed by atoms with Crippen LogP contribution in [-0.2, 0) is 16.9 Å². The molecule has 0 spiro atoms. The highest BCUT2D eigenvalue weighted by atomic mass is 32.2. The van der Waals surface area contributed by atoms with Crippen LogP contribution in [0, 0.1) is 0 Å². The highest BCUT2D eigenvalue weighted by Gasteiger charge is 2.34. The number of carbonyl (C=O) groups is 1. The van der Waals surface area contributed by atoms with Gasteiger partial charge in [-0.3, -0.25) is 5.32 Å². The molecule has 2 aromatic rings. The zero-order valence-corrected chi connectivity index (χ0v) is 13.0. The molecule has 0 fully saturated rings. The van der Waals surface area contributed by atoms with Gasteiger partial charge < -0.3 is 5.11 Å². The van der Waals surface area contributed by atoms with Crippen LogP contribution in [0.2, 0.25) is 0 Å². The molecular weight excluding hydrogens is 282 g/mol. The minimum absolute atomic E-state index is 0.508. The van der Waals surface area contributed by atoms with Crippen molar-refractivity contribution in [1.82, 2.24) is 5.32 Å². The predicted octanol–water partition coefficient (Wildman–Crippen LogP) is 3.50. The van der Waals surface area contributed by atoms with Gasteiger partial charge in [0.2, 0.25) is 0 Å². The molecule has 2 rings (SSSR count). The van der Waals surface area contributed by atoms with Crippen LogP contribution in [0.5, 0.6) is 0 Å². The van der Waals surface area contributed by atoms with Gasteiger partial charge in [0.1, 0.15) is 5.54 Å². The van der Waals surface area contributed by atoms with E-state index in [1.807, 2.05) is 60.9 Å². The zero-order valence-electron chi connectivity index (χ0n) is 12.2. The van der Waals surface area contributed by atoms with Gasteiger partial charge >= 0.3 is 5.97 Å². The first kappa shape index (κ1) is 15.6. The molecule has 0 aliphatic rings. The molecule has 21 heavy (non-hydrogen) atoms. The van der Waals surface area contributed by atoms with Gasteiger partial charge in [-0.1, -0.05) is 42.5 Å². The molecule has 0 aromatic heterocycles. The van der Waals surface area contributed by atoms with Crippen molar-refractivity contribution in [1.29, 1.82) is 0 Å². The Morgan fingerprint density at radius 2 is 1.76 bits per heavy atom. The molecule has 110 valence electrons. The van der Waals surface area contributed by atoms with E-state index in [1.54, 1.807) is 18.7 Å². The topological polar surface area (TPSA) is 49.3 Å². The summed E-state index contributed by atoms with van der Waals surface area (Å²) in [6.45, 7) is 2.21. The van der Waals surface area contributed by atoms with Crippen LogP contribution in [-0.4, -0.2) is 17.3 Å². The second-order valence-corrected chi connectivity index (χ2v) is 5.88. The monoisotopic (exact) mass is 301 g/mol.